The molecule has 6 heteroatoms. The monoisotopic (exact) mass is 571 g/mol. The summed E-state index contributed by atoms with van der Waals surface area (Å²) in [6.45, 7) is 5.68. The van der Waals surface area contributed by atoms with Crippen molar-refractivity contribution in [3.05, 3.63) is 144 Å². The first-order chi connectivity index (χ1) is 20.7. The molecule has 1 N–H and O–H groups in total. The Hall–Kier alpha value is -5.36. The molecule has 0 aliphatic rings. The van der Waals surface area contributed by atoms with Crippen LogP contribution >= 0.6 is 0 Å². The van der Waals surface area contributed by atoms with Gasteiger partial charge in [0.25, 0.3) is 5.91 Å². The van der Waals surface area contributed by atoms with Gasteiger partial charge in [-0.25, -0.2) is 4.79 Å². The lowest BCUT2D eigenvalue weighted by Gasteiger charge is -2.21. The molecule has 1 amide bonds. The summed E-state index contributed by atoms with van der Waals surface area (Å²) in [5.74, 6) is 0.476. The maximum atomic E-state index is 14.0. The molecule has 0 aromatic heterocycles. The van der Waals surface area contributed by atoms with Crippen molar-refractivity contribution >= 4 is 17.6 Å². The van der Waals surface area contributed by atoms with Gasteiger partial charge in [0.05, 0.1) is 16.8 Å². The van der Waals surface area contributed by atoms with E-state index in [1.807, 2.05) is 97.1 Å². The molecule has 6 nitrogen and oxygen atoms in total. The number of ether oxygens (including phenoxy) is 3. The van der Waals surface area contributed by atoms with Gasteiger partial charge in [-0.15, -0.1) is 0 Å². The number of hydrogen-bond donors (Lipinski definition) is 1. The molecule has 0 spiro atoms. The quantitative estimate of drug-likeness (QED) is 0.179. The summed E-state index contributed by atoms with van der Waals surface area (Å²) in [5.41, 5.74) is 2.85. The highest BCUT2D eigenvalue weighted by Crippen LogP contribution is 2.32. The number of esters is 1. The summed E-state index contributed by atoms with van der Waals surface area (Å²) in [6.07, 6.45) is 0. The first-order valence-electron chi connectivity index (χ1n) is 14.0. The largest absolute Gasteiger partial charge is 0.488 e. The van der Waals surface area contributed by atoms with Crippen LogP contribution in [0, 0.1) is 0 Å². The Balaban J connectivity index is 1.51. The van der Waals surface area contributed by atoms with Gasteiger partial charge in [-0.1, -0.05) is 84.9 Å². The van der Waals surface area contributed by atoms with E-state index in [-0.39, 0.29) is 17.7 Å². The number of anilines is 1. The van der Waals surface area contributed by atoms with Gasteiger partial charge in [0.15, 0.2) is 0 Å². The lowest BCUT2D eigenvalue weighted by Crippen LogP contribution is -2.25. The van der Waals surface area contributed by atoms with Crippen molar-refractivity contribution < 1.29 is 23.8 Å². The lowest BCUT2D eigenvalue weighted by atomic mass is 10.0. The second-order valence-corrected chi connectivity index (χ2v) is 10.9. The Kier molecular flexibility index (Phi) is 8.87. The Labute approximate surface area is 251 Å². The molecule has 0 fully saturated rings. The fraction of sp³-hybridized carbons (Fsp3) is 0.135. The minimum absolute atomic E-state index is 0.242. The fourth-order valence-electron chi connectivity index (χ4n) is 4.39. The van der Waals surface area contributed by atoms with Crippen LogP contribution in [-0.2, 0) is 11.3 Å². The van der Waals surface area contributed by atoms with E-state index in [9.17, 15) is 9.59 Å². The van der Waals surface area contributed by atoms with Crippen LogP contribution in [-0.4, -0.2) is 17.5 Å². The molecule has 0 atom stereocenters. The van der Waals surface area contributed by atoms with Crippen LogP contribution in [0.4, 0.5) is 5.69 Å². The zero-order chi connectivity index (χ0) is 30.2. The predicted molar refractivity (Wildman–Crippen MR) is 169 cm³/mol. The topological polar surface area (TPSA) is 73.9 Å². The van der Waals surface area contributed by atoms with Gasteiger partial charge in [-0.3, -0.25) is 4.79 Å². The molecule has 5 rings (SSSR count). The van der Waals surface area contributed by atoms with Crippen LogP contribution in [0.2, 0.25) is 0 Å². The van der Waals surface area contributed by atoms with Crippen LogP contribution < -0.4 is 14.8 Å². The molecule has 0 heterocycles. The molecular weight excluding hydrogens is 538 g/mol. The molecule has 0 aliphatic carbocycles. The van der Waals surface area contributed by atoms with Gasteiger partial charge in [0.1, 0.15) is 29.5 Å². The molecular formula is C37H33NO5. The molecule has 43 heavy (non-hydrogen) atoms. The van der Waals surface area contributed by atoms with Gasteiger partial charge in [-0.2, -0.15) is 0 Å². The van der Waals surface area contributed by atoms with Crippen molar-refractivity contribution in [3.8, 4) is 28.4 Å². The summed E-state index contributed by atoms with van der Waals surface area (Å²) in [6, 6.07) is 39.2. The number of carbonyl (C=O) groups is 2. The smallest absolute Gasteiger partial charge is 0.340 e. The van der Waals surface area contributed by atoms with Crippen molar-refractivity contribution in [2.24, 2.45) is 0 Å². The molecule has 216 valence electrons. The molecule has 0 aliphatic heterocycles. The molecule has 0 saturated heterocycles. The maximum absolute atomic E-state index is 14.0. The van der Waals surface area contributed by atoms with Crippen molar-refractivity contribution in [3.63, 3.8) is 0 Å². The molecule has 0 saturated carbocycles. The van der Waals surface area contributed by atoms with E-state index < -0.39 is 17.5 Å². The lowest BCUT2D eigenvalue weighted by molar-refractivity contribution is 0.00707. The van der Waals surface area contributed by atoms with Crippen molar-refractivity contribution in [1.29, 1.82) is 0 Å². The van der Waals surface area contributed by atoms with E-state index in [1.54, 1.807) is 51.1 Å². The Morgan fingerprint density at radius 2 is 1.30 bits per heavy atom. The van der Waals surface area contributed by atoms with Crippen molar-refractivity contribution in [2.45, 2.75) is 33.0 Å². The Morgan fingerprint density at radius 3 is 1.98 bits per heavy atom. The van der Waals surface area contributed by atoms with Crippen LogP contribution in [0.25, 0.3) is 11.1 Å². The number of benzene rings is 5. The Bertz CT molecular complexity index is 1690. The normalized spacial score (nSPS) is 11.0. The zero-order valence-electron chi connectivity index (χ0n) is 24.4. The second-order valence-electron chi connectivity index (χ2n) is 10.9. The second kappa shape index (κ2) is 13.1. The maximum Gasteiger partial charge on any atom is 0.340 e. The summed E-state index contributed by atoms with van der Waals surface area (Å²) >= 11 is 0. The number of hydrogen-bond acceptors (Lipinski definition) is 5. The first-order valence-corrected chi connectivity index (χ1v) is 14.0. The van der Waals surface area contributed by atoms with E-state index in [2.05, 4.69) is 5.32 Å². The van der Waals surface area contributed by atoms with Gasteiger partial charge in [0, 0.05) is 0 Å². The molecule has 0 radical (unpaired) electrons. The third-order valence-electron chi connectivity index (χ3n) is 6.41. The molecule has 5 aromatic carbocycles. The van der Waals surface area contributed by atoms with Crippen LogP contribution in [0.15, 0.2) is 127 Å². The minimum atomic E-state index is -0.710. The van der Waals surface area contributed by atoms with Crippen molar-refractivity contribution in [2.75, 3.05) is 5.32 Å². The summed E-state index contributed by atoms with van der Waals surface area (Å²) in [7, 11) is 0. The Morgan fingerprint density at radius 1 is 0.651 bits per heavy atom. The van der Waals surface area contributed by atoms with E-state index in [1.165, 1.54) is 0 Å². The zero-order valence-corrected chi connectivity index (χ0v) is 24.4. The average Bonchev–Trinajstić information content (AvgIpc) is 3.01. The average molecular weight is 572 g/mol. The summed E-state index contributed by atoms with van der Waals surface area (Å²) < 4.78 is 17.8. The van der Waals surface area contributed by atoms with E-state index in [4.69, 9.17) is 14.2 Å². The third-order valence-corrected chi connectivity index (χ3v) is 6.41. The first kappa shape index (κ1) is 29.1. The van der Waals surface area contributed by atoms with E-state index in [0.717, 1.165) is 16.7 Å². The molecule has 0 bridgehead atoms. The number of rotatable bonds is 9. The molecule has 0 unspecified atom stereocenters. The number of amides is 1. The summed E-state index contributed by atoms with van der Waals surface area (Å²) in [4.78, 5) is 27.2. The van der Waals surface area contributed by atoms with Gasteiger partial charge < -0.3 is 19.5 Å². The van der Waals surface area contributed by atoms with Crippen LogP contribution in [0.3, 0.4) is 0 Å². The summed E-state index contributed by atoms with van der Waals surface area (Å²) in [5, 5.41) is 2.96. The third kappa shape index (κ3) is 7.89. The van der Waals surface area contributed by atoms with Gasteiger partial charge in [-0.05, 0) is 79.9 Å². The fourth-order valence-corrected chi connectivity index (χ4v) is 4.39. The highest BCUT2D eigenvalue weighted by Gasteiger charge is 2.23. The highest BCUT2D eigenvalue weighted by atomic mass is 16.6. The highest BCUT2D eigenvalue weighted by molar-refractivity contribution is 6.10. The van der Waals surface area contributed by atoms with Gasteiger partial charge in [0.2, 0.25) is 0 Å². The number of carbonyl (C=O) groups excluding carboxylic acids is 2. The number of para-hydroxylation sites is 1. The minimum Gasteiger partial charge on any atom is -0.488 e. The van der Waals surface area contributed by atoms with Crippen molar-refractivity contribution in [1.82, 2.24) is 0 Å². The van der Waals surface area contributed by atoms with Gasteiger partial charge >= 0.3 is 5.97 Å². The van der Waals surface area contributed by atoms with Crippen LogP contribution in [0.5, 0.6) is 17.2 Å². The standard InChI is InChI=1S/C37H33NO5/c1-37(2,3)43-36(40)31-21-19-28(27-15-9-5-10-16-27)23-33(31)38-35(39)32-24-30(42-29-17-11-6-12-18-29)20-22-34(32)41-25-26-13-7-4-8-14-26/h4-24H,25H2,1-3H3,(H,38,39). The van der Waals surface area contributed by atoms with E-state index in [0.29, 0.717) is 22.9 Å². The number of nitrogens with one attached hydrogen (secondary N) is 1. The van der Waals surface area contributed by atoms with E-state index >= 15 is 0 Å². The van der Waals surface area contributed by atoms with Crippen LogP contribution in [0.1, 0.15) is 47.1 Å². The SMILES string of the molecule is CC(C)(C)OC(=O)c1ccc(-c2ccccc2)cc1NC(=O)c1cc(Oc2ccccc2)ccc1OCc1ccccc1. The molecule has 5 aromatic rings. The predicted octanol–water partition coefficient (Wildman–Crippen LogP) is 8.93.